The van der Waals surface area contributed by atoms with E-state index in [0.717, 1.165) is 16.5 Å². The molecular formula is C17H18F3N3O. The van der Waals surface area contributed by atoms with Gasteiger partial charge in [-0.1, -0.05) is 0 Å². The Bertz CT molecular complexity index is 740. The second-order valence-corrected chi connectivity index (χ2v) is 5.74. The van der Waals surface area contributed by atoms with Crippen molar-refractivity contribution in [3.63, 3.8) is 0 Å². The molecule has 0 aliphatic heterocycles. The Hall–Kier alpha value is -2.33. The van der Waals surface area contributed by atoms with Crippen molar-refractivity contribution in [2.75, 3.05) is 5.32 Å². The lowest BCUT2D eigenvalue weighted by Gasteiger charge is -2.18. The third-order valence-electron chi connectivity index (χ3n) is 3.78. The second-order valence-electron chi connectivity index (χ2n) is 5.74. The average Bonchev–Trinajstić information content (AvgIpc) is 2.53. The van der Waals surface area contributed by atoms with Crippen LogP contribution in [0.3, 0.4) is 0 Å². The Morgan fingerprint density at radius 1 is 1.29 bits per heavy atom. The van der Waals surface area contributed by atoms with Gasteiger partial charge in [-0.05, 0) is 55.8 Å². The molecule has 2 rings (SSSR count). The van der Waals surface area contributed by atoms with E-state index in [1.165, 1.54) is 0 Å². The molecule has 4 nitrogen and oxygen atoms in total. The highest BCUT2D eigenvalue weighted by Gasteiger charge is 2.37. The number of halogens is 3. The highest BCUT2D eigenvalue weighted by molar-refractivity contribution is 5.89. The number of benzene rings is 1. The van der Waals surface area contributed by atoms with Crippen LogP contribution in [0.15, 0.2) is 30.5 Å². The van der Waals surface area contributed by atoms with E-state index in [1.54, 1.807) is 18.3 Å². The van der Waals surface area contributed by atoms with Crippen molar-refractivity contribution in [1.82, 2.24) is 4.98 Å². The van der Waals surface area contributed by atoms with Gasteiger partial charge in [0.05, 0.1) is 0 Å². The summed E-state index contributed by atoms with van der Waals surface area (Å²) >= 11 is 0. The summed E-state index contributed by atoms with van der Waals surface area (Å²) in [7, 11) is 0. The predicted octanol–water partition coefficient (Wildman–Crippen LogP) is 4.00. The lowest BCUT2D eigenvalue weighted by Crippen LogP contribution is -2.28. The van der Waals surface area contributed by atoms with E-state index in [-0.39, 0.29) is 18.9 Å². The number of pyridine rings is 1. The zero-order valence-electron chi connectivity index (χ0n) is 13.1. The second kappa shape index (κ2) is 7.49. The average molecular weight is 337 g/mol. The maximum atomic E-state index is 12.2. The largest absolute Gasteiger partial charge is 0.414 e. The summed E-state index contributed by atoms with van der Waals surface area (Å²) in [4.78, 5) is 4.00. The number of nitrogens with one attached hydrogen (secondary N) is 1. The molecular weight excluding hydrogens is 319 g/mol. The van der Waals surface area contributed by atoms with Crippen molar-refractivity contribution in [1.29, 1.82) is 5.26 Å². The molecule has 7 heteroatoms. The number of anilines is 1. The van der Waals surface area contributed by atoms with Gasteiger partial charge in [0.1, 0.15) is 17.9 Å². The van der Waals surface area contributed by atoms with Crippen LogP contribution in [0, 0.1) is 11.3 Å². The first-order valence-electron chi connectivity index (χ1n) is 7.61. The molecule has 1 heterocycles. The van der Waals surface area contributed by atoms with Gasteiger partial charge < -0.3 is 10.4 Å². The van der Waals surface area contributed by atoms with Crippen LogP contribution in [0.1, 0.15) is 31.9 Å². The van der Waals surface area contributed by atoms with Gasteiger partial charge in [0.15, 0.2) is 0 Å². The summed E-state index contributed by atoms with van der Waals surface area (Å²) in [5.41, 5.74) is 1.18. The molecule has 0 saturated heterocycles. The Kier molecular flexibility index (Phi) is 5.62. The summed E-state index contributed by atoms with van der Waals surface area (Å²) in [6, 6.07) is 9.27. The van der Waals surface area contributed by atoms with Crippen LogP contribution in [-0.2, 0) is 0 Å². The minimum absolute atomic E-state index is 0.0415. The van der Waals surface area contributed by atoms with Gasteiger partial charge in [-0.3, -0.25) is 0 Å². The van der Waals surface area contributed by atoms with E-state index >= 15 is 0 Å². The number of hydrogen-bond acceptors (Lipinski definition) is 4. The highest BCUT2D eigenvalue weighted by atomic mass is 19.4. The standard InChI is InChI=1S/C17H18F3N3O/c1-11(3-2-4-16(24)17(18,19)20)23-13-5-6-14-12(9-13)7-8-22-15(14)10-21/h5-9,11,16,23-24H,2-4H2,1H3/t11-,16?/m0/s1. The fourth-order valence-corrected chi connectivity index (χ4v) is 2.49. The molecule has 2 N–H and O–H groups in total. The number of aliphatic hydroxyl groups is 1. The first-order valence-corrected chi connectivity index (χ1v) is 7.61. The highest BCUT2D eigenvalue weighted by Crippen LogP contribution is 2.25. The Labute approximate surface area is 137 Å². The number of aromatic nitrogens is 1. The van der Waals surface area contributed by atoms with Crippen molar-refractivity contribution in [3.8, 4) is 6.07 Å². The molecule has 24 heavy (non-hydrogen) atoms. The third kappa shape index (κ3) is 4.59. The normalized spacial score (nSPS) is 14.2. The minimum atomic E-state index is -4.55. The number of nitrogens with zero attached hydrogens (tertiary/aromatic N) is 2. The molecule has 0 fully saturated rings. The number of fused-ring (bicyclic) bond motifs is 1. The smallest absolute Gasteiger partial charge is 0.384 e. The summed E-state index contributed by atoms with van der Waals surface area (Å²) in [6.45, 7) is 1.87. The van der Waals surface area contributed by atoms with Gasteiger partial charge in [0, 0.05) is 23.3 Å². The molecule has 128 valence electrons. The number of nitriles is 1. The van der Waals surface area contributed by atoms with Gasteiger partial charge in [0.25, 0.3) is 0 Å². The van der Waals surface area contributed by atoms with Crippen LogP contribution in [0.25, 0.3) is 10.8 Å². The zero-order valence-corrected chi connectivity index (χ0v) is 13.1. The van der Waals surface area contributed by atoms with Gasteiger partial charge in [-0.15, -0.1) is 0 Å². The molecule has 0 aliphatic carbocycles. The van der Waals surface area contributed by atoms with Crippen molar-refractivity contribution < 1.29 is 18.3 Å². The summed E-state index contributed by atoms with van der Waals surface area (Å²) in [5, 5.41) is 22.8. The maximum Gasteiger partial charge on any atom is 0.414 e. The molecule has 0 amide bonds. The number of alkyl halides is 3. The topological polar surface area (TPSA) is 68.9 Å². The maximum absolute atomic E-state index is 12.2. The van der Waals surface area contributed by atoms with Crippen molar-refractivity contribution in [3.05, 3.63) is 36.2 Å². The molecule has 0 saturated carbocycles. The van der Waals surface area contributed by atoms with E-state index < -0.39 is 12.3 Å². The summed E-state index contributed by atoms with van der Waals surface area (Å²) < 4.78 is 36.7. The van der Waals surface area contributed by atoms with Gasteiger partial charge in [0.2, 0.25) is 0 Å². The Balaban J connectivity index is 1.94. The quantitative estimate of drug-likeness (QED) is 0.836. The molecule has 0 radical (unpaired) electrons. The fourth-order valence-electron chi connectivity index (χ4n) is 2.49. The van der Waals surface area contributed by atoms with E-state index in [0.29, 0.717) is 12.1 Å². The van der Waals surface area contributed by atoms with E-state index in [9.17, 15) is 13.2 Å². The van der Waals surface area contributed by atoms with Crippen LogP contribution < -0.4 is 5.32 Å². The molecule has 0 spiro atoms. The molecule has 1 aromatic heterocycles. The molecule has 1 unspecified atom stereocenters. The Morgan fingerprint density at radius 2 is 2.04 bits per heavy atom. The van der Waals surface area contributed by atoms with Gasteiger partial charge >= 0.3 is 6.18 Å². The molecule has 1 aromatic carbocycles. The number of aliphatic hydroxyl groups excluding tert-OH is 1. The van der Waals surface area contributed by atoms with Crippen LogP contribution in [0.5, 0.6) is 0 Å². The van der Waals surface area contributed by atoms with Gasteiger partial charge in [-0.2, -0.15) is 18.4 Å². The van der Waals surface area contributed by atoms with Crippen LogP contribution >= 0.6 is 0 Å². The SMILES string of the molecule is C[C@@H](CCCC(O)C(F)(F)F)Nc1ccc2c(C#N)nccc2c1. The molecule has 2 atom stereocenters. The van der Waals surface area contributed by atoms with Gasteiger partial charge in [-0.25, -0.2) is 4.98 Å². The minimum Gasteiger partial charge on any atom is -0.384 e. The van der Waals surface area contributed by atoms with Crippen LogP contribution in [0.2, 0.25) is 0 Å². The lowest BCUT2D eigenvalue weighted by molar-refractivity contribution is -0.205. The van der Waals surface area contributed by atoms with E-state index in [2.05, 4.69) is 10.3 Å². The number of hydrogen-bond donors (Lipinski definition) is 2. The Morgan fingerprint density at radius 3 is 2.71 bits per heavy atom. The van der Waals surface area contributed by atoms with Crippen molar-refractivity contribution in [2.24, 2.45) is 0 Å². The third-order valence-corrected chi connectivity index (χ3v) is 3.78. The predicted molar refractivity (Wildman–Crippen MR) is 85.5 cm³/mol. The molecule has 0 bridgehead atoms. The van der Waals surface area contributed by atoms with Crippen molar-refractivity contribution in [2.45, 2.75) is 44.5 Å². The van der Waals surface area contributed by atoms with E-state index in [4.69, 9.17) is 10.4 Å². The molecule has 0 aliphatic rings. The first kappa shape index (κ1) is 18.0. The van der Waals surface area contributed by atoms with Crippen molar-refractivity contribution >= 4 is 16.5 Å². The van der Waals surface area contributed by atoms with Crippen LogP contribution in [0.4, 0.5) is 18.9 Å². The lowest BCUT2D eigenvalue weighted by atomic mass is 10.1. The first-order chi connectivity index (χ1) is 11.3. The van der Waals surface area contributed by atoms with E-state index in [1.807, 2.05) is 25.1 Å². The molecule has 2 aromatic rings. The van der Waals surface area contributed by atoms with Crippen LogP contribution in [-0.4, -0.2) is 28.4 Å². The summed E-state index contributed by atoms with van der Waals surface area (Å²) in [6.07, 6.45) is -4.78. The fraction of sp³-hybridized carbons (Fsp3) is 0.412. The summed E-state index contributed by atoms with van der Waals surface area (Å²) in [5.74, 6) is 0. The number of rotatable bonds is 6. The monoisotopic (exact) mass is 337 g/mol. The zero-order chi connectivity index (χ0) is 17.7.